The van der Waals surface area contributed by atoms with Crippen LogP contribution in [0.4, 0.5) is 15.8 Å². The highest BCUT2D eigenvalue weighted by atomic mass is 32.2. The van der Waals surface area contributed by atoms with Crippen molar-refractivity contribution in [1.29, 1.82) is 0 Å². The minimum absolute atomic E-state index is 0.165. The molecule has 0 saturated heterocycles. The van der Waals surface area contributed by atoms with Gasteiger partial charge in [0.1, 0.15) is 5.82 Å². The molecule has 1 aliphatic heterocycles. The van der Waals surface area contributed by atoms with Gasteiger partial charge in [0.15, 0.2) is 0 Å². The maximum atomic E-state index is 13.7. The lowest BCUT2D eigenvalue weighted by atomic mass is 10.0. The summed E-state index contributed by atoms with van der Waals surface area (Å²) in [6.07, 6.45) is 0. The lowest BCUT2D eigenvalue weighted by Gasteiger charge is -2.12. The van der Waals surface area contributed by atoms with Gasteiger partial charge in [0.25, 0.3) is 0 Å². The smallest absolute Gasteiger partial charge is 0.232 e. The number of amides is 1. The fourth-order valence-electron chi connectivity index (χ4n) is 2.23. The highest BCUT2D eigenvalue weighted by Gasteiger charge is 2.29. The van der Waals surface area contributed by atoms with Gasteiger partial charge in [0.2, 0.25) is 5.91 Å². The van der Waals surface area contributed by atoms with Crippen LogP contribution in [0, 0.1) is 5.82 Å². The monoisotopic (exact) mass is 288 g/mol. The molecule has 0 spiro atoms. The standard InChI is InChI=1S/C15H13FN2OS/c16-12-7-9(17)5-6-13(12)18-15(19)11-8-20-14-4-2-1-3-10(11)14/h1-7,11H,8,17H2,(H,18,19). The second-order valence-electron chi connectivity index (χ2n) is 4.63. The summed E-state index contributed by atoms with van der Waals surface area (Å²) < 4.78 is 13.7. The van der Waals surface area contributed by atoms with Gasteiger partial charge in [-0.15, -0.1) is 11.8 Å². The van der Waals surface area contributed by atoms with Gasteiger partial charge >= 0.3 is 0 Å². The van der Waals surface area contributed by atoms with E-state index in [0.29, 0.717) is 11.4 Å². The highest BCUT2D eigenvalue weighted by Crippen LogP contribution is 2.39. The number of carbonyl (C=O) groups excluding carboxylic acids is 1. The third kappa shape index (κ3) is 2.36. The molecule has 3 N–H and O–H groups in total. The van der Waals surface area contributed by atoms with E-state index in [0.717, 1.165) is 10.5 Å². The maximum absolute atomic E-state index is 13.7. The molecule has 0 aromatic heterocycles. The number of benzene rings is 2. The number of nitrogen functional groups attached to an aromatic ring is 1. The van der Waals surface area contributed by atoms with Crippen LogP contribution in [0.25, 0.3) is 0 Å². The number of rotatable bonds is 2. The number of fused-ring (bicyclic) bond motifs is 1. The molecule has 1 atom stereocenters. The van der Waals surface area contributed by atoms with Crippen LogP contribution < -0.4 is 11.1 Å². The number of nitrogens with two attached hydrogens (primary N) is 1. The number of hydrogen-bond acceptors (Lipinski definition) is 3. The number of thioether (sulfide) groups is 1. The molecule has 1 unspecified atom stereocenters. The molecule has 5 heteroatoms. The molecular formula is C15H13FN2OS. The van der Waals surface area contributed by atoms with Crippen LogP contribution in [0.3, 0.4) is 0 Å². The van der Waals surface area contributed by atoms with Gasteiger partial charge in [-0.3, -0.25) is 4.79 Å². The third-order valence-corrected chi connectivity index (χ3v) is 4.45. The van der Waals surface area contributed by atoms with E-state index in [2.05, 4.69) is 5.32 Å². The average Bonchev–Trinajstić information content (AvgIpc) is 2.86. The van der Waals surface area contributed by atoms with Crippen molar-refractivity contribution in [3.63, 3.8) is 0 Å². The number of nitrogens with one attached hydrogen (secondary N) is 1. The van der Waals surface area contributed by atoms with Crippen LogP contribution in [-0.4, -0.2) is 11.7 Å². The summed E-state index contributed by atoms with van der Waals surface area (Å²) in [7, 11) is 0. The van der Waals surface area contributed by atoms with E-state index in [4.69, 9.17) is 5.73 Å². The van der Waals surface area contributed by atoms with E-state index in [1.54, 1.807) is 17.8 Å². The fourth-order valence-corrected chi connectivity index (χ4v) is 3.46. The molecule has 0 aliphatic carbocycles. The van der Waals surface area contributed by atoms with E-state index in [-0.39, 0.29) is 17.5 Å². The first-order chi connectivity index (χ1) is 9.65. The summed E-state index contributed by atoms with van der Waals surface area (Å²) in [6.45, 7) is 0. The first-order valence-corrected chi connectivity index (χ1v) is 7.21. The Hall–Kier alpha value is -2.01. The summed E-state index contributed by atoms with van der Waals surface area (Å²) in [5.41, 5.74) is 6.99. The molecule has 3 nitrogen and oxygen atoms in total. The van der Waals surface area contributed by atoms with Crippen molar-refractivity contribution in [1.82, 2.24) is 0 Å². The lowest BCUT2D eigenvalue weighted by molar-refractivity contribution is -0.117. The Morgan fingerprint density at radius 3 is 2.90 bits per heavy atom. The molecular weight excluding hydrogens is 275 g/mol. The van der Waals surface area contributed by atoms with Crippen LogP contribution in [-0.2, 0) is 4.79 Å². The highest BCUT2D eigenvalue weighted by molar-refractivity contribution is 7.99. The molecule has 2 aromatic carbocycles. The van der Waals surface area contributed by atoms with Gasteiger partial charge in [0, 0.05) is 16.3 Å². The van der Waals surface area contributed by atoms with Crippen molar-refractivity contribution in [2.75, 3.05) is 16.8 Å². The molecule has 0 saturated carbocycles. The topological polar surface area (TPSA) is 55.1 Å². The first-order valence-electron chi connectivity index (χ1n) is 6.23. The molecule has 1 heterocycles. The summed E-state index contributed by atoms with van der Waals surface area (Å²) in [6, 6.07) is 12.1. The number of hydrogen-bond donors (Lipinski definition) is 2. The van der Waals surface area contributed by atoms with Gasteiger partial charge < -0.3 is 11.1 Å². The molecule has 3 rings (SSSR count). The molecule has 0 bridgehead atoms. The van der Waals surface area contributed by atoms with Crippen LogP contribution in [0.15, 0.2) is 47.4 Å². The van der Waals surface area contributed by atoms with E-state index >= 15 is 0 Å². The van der Waals surface area contributed by atoms with Crippen molar-refractivity contribution in [2.45, 2.75) is 10.8 Å². The first kappa shape index (κ1) is 13.0. The van der Waals surface area contributed by atoms with Crippen molar-refractivity contribution in [3.05, 3.63) is 53.8 Å². The van der Waals surface area contributed by atoms with E-state index in [1.807, 2.05) is 24.3 Å². The second-order valence-corrected chi connectivity index (χ2v) is 5.69. The quantitative estimate of drug-likeness (QED) is 0.834. The zero-order chi connectivity index (χ0) is 14.1. The molecule has 2 aromatic rings. The normalized spacial score (nSPS) is 16.8. The lowest BCUT2D eigenvalue weighted by Crippen LogP contribution is -2.21. The second kappa shape index (κ2) is 5.17. The Labute approximate surface area is 120 Å². The molecule has 102 valence electrons. The maximum Gasteiger partial charge on any atom is 0.232 e. The van der Waals surface area contributed by atoms with Crippen LogP contribution in [0.2, 0.25) is 0 Å². The molecule has 0 fully saturated rings. The van der Waals surface area contributed by atoms with Crippen molar-refractivity contribution in [2.24, 2.45) is 0 Å². The molecule has 1 aliphatic rings. The number of halogens is 1. The number of carbonyl (C=O) groups is 1. The molecule has 0 radical (unpaired) electrons. The predicted molar refractivity (Wildman–Crippen MR) is 79.3 cm³/mol. The summed E-state index contributed by atoms with van der Waals surface area (Å²) in [5.74, 6) is -0.265. The fraction of sp³-hybridized carbons (Fsp3) is 0.133. The van der Waals surface area contributed by atoms with Crippen molar-refractivity contribution >= 4 is 29.0 Å². The Kier molecular flexibility index (Phi) is 3.36. The minimum atomic E-state index is -0.516. The predicted octanol–water partition coefficient (Wildman–Crippen LogP) is 3.24. The SMILES string of the molecule is Nc1ccc(NC(=O)C2CSc3ccccc32)c(F)c1. The van der Waals surface area contributed by atoms with Gasteiger partial charge in [-0.2, -0.15) is 0 Å². The van der Waals surface area contributed by atoms with Gasteiger partial charge in [-0.25, -0.2) is 4.39 Å². The average molecular weight is 288 g/mol. The zero-order valence-corrected chi connectivity index (χ0v) is 11.4. The van der Waals surface area contributed by atoms with E-state index < -0.39 is 5.82 Å². The Morgan fingerprint density at radius 1 is 1.30 bits per heavy atom. The minimum Gasteiger partial charge on any atom is -0.399 e. The van der Waals surface area contributed by atoms with Crippen molar-refractivity contribution in [3.8, 4) is 0 Å². The van der Waals surface area contributed by atoms with Crippen LogP contribution in [0.5, 0.6) is 0 Å². The van der Waals surface area contributed by atoms with E-state index in [1.165, 1.54) is 12.1 Å². The largest absolute Gasteiger partial charge is 0.399 e. The summed E-state index contributed by atoms with van der Waals surface area (Å²) in [4.78, 5) is 13.4. The third-order valence-electron chi connectivity index (χ3n) is 3.27. The number of anilines is 2. The summed E-state index contributed by atoms with van der Waals surface area (Å²) >= 11 is 1.65. The zero-order valence-electron chi connectivity index (χ0n) is 10.6. The molecule has 1 amide bonds. The van der Waals surface area contributed by atoms with Crippen LogP contribution >= 0.6 is 11.8 Å². The van der Waals surface area contributed by atoms with Gasteiger partial charge in [-0.1, -0.05) is 18.2 Å². The summed E-state index contributed by atoms with van der Waals surface area (Å²) in [5, 5.41) is 2.64. The van der Waals surface area contributed by atoms with Crippen LogP contribution in [0.1, 0.15) is 11.5 Å². The molecule has 20 heavy (non-hydrogen) atoms. The Bertz CT molecular complexity index is 675. The van der Waals surface area contributed by atoms with Crippen molar-refractivity contribution < 1.29 is 9.18 Å². The van der Waals surface area contributed by atoms with Gasteiger partial charge in [-0.05, 0) is 29.8 Å². The van der Waals surface area contributed by atoms with Gasteiger partial charge in [0.05, 0.1) is 11.6 Å². The Balaban J connectivity index is 1.81. The Morgan fingerprint density at radius 2 is 2.10 bits per heavy atom. The van der Waals surface area contributed by atoms with E-state index in [9.17, 15) is 9.18 Å².